The molecule has 2 aliphatic heterocycles. The Morgan fingerprint density at radius 2 is 2.14 bits per heavy atom. The molecule has 1 unspecified atom stereocenters. The Balaban J connectivity index is 1.66. The summed E-state index contributed by atoms with van der Waals surface area (Å²) in [5.74, 6) is 0.0724. The zero-order valence-electron chi connectivity index (χ0n) is 16.6. The number of rotatable bonds is 4. The summed E-state index contributed by atoms with van der Waals surface area (Å²) in [5, 5.41) is 2.23. The van der Waals surface area contributed by atoms with Gasteiger partial charge in [-0.1, -0.05) is 0 Å². The largest absolute Gasteiger partial charge is 0.460 e. The molecule has 3 heterocycles. The van der Waals surface area contributed by atoms with Gasteiger partial charge in [-0.3, -0.25) is 19.8 Å². The third-order valence-corrected chi connectivity index (χ3v) is 4.51. The summed E-state index contributed by atoms with van der Waals surface area (Å²) >= 11 is 0. The van der Waals surface area contributed by atoms with Crippen molar-refractivity contribution in [2.45, 2.75) is 39.2 Å². The van der Waals surface area contributed by atoms with E-state index in [1.165, 1.54) is 11.9 Å². The molecule has 9 heteroatoms. The van der Waals surface area contributed by atoms with Crippen molar-refractivity contribution < 1.29 is 19.1 Å². The van der Waals surface area contributed by atoms with E-state index in [1.54, 1.807) is 18.3 Å². The summed E-state index contributed by atoms with van der Waals surface area (Å²) < 4.78 is 5.40. The first-order valence-electron chi connectivity index (χ1n) is 9.23. The fraction of sp³-hybridized carbons (Fsp3) is 0.526. The topological polar surface area (TPSA) is 105 Å². The minimum Gasteiger partial charge on any atom is -0.460 e. The second-order valence-electron chi connectivity index (χ2n) is 8.02. The van der Waals surface area contributed by atoms with E-state index in [1.807, 2.05) is 25.7 Å². The zero-order chi connectivity index (χ0) is 20.5. The molecule has 3 amide bonds. The number of ether oxygens (including phenoxy) is 1. The van der Waals surface area contributed by atoms with E-state index >= 15 is 0 Å². The third-order valence-electron chi connectivity index (χ3n) is 4.51. The van der Waals surface area contributed by atoms with Crippen LogP contribution >= 0.6 is 0 Å². The number of nitrogens with one attached hydrogen (secondary N) is 1. The molecule has 1 atom stereocenters. The van der Waals surface area contributed by atoms with E-state index in [0.29, 0.717) is 24.6 Å². The number of likely N-dealkylation sites (N-methyl/N-ethyl adjacent to an activating group) is 1. The van der Waals surface area contributed by atoms with Crippen molar-refractivity contribution >= 4 is 29.9 Å². The maximum Gasteiger partial charge on any atom is 0.328 e. The Morgan fingerprint density at radius 3 is 2.79 bits per heavy atom. The summed E-state index contributed by atoms with van der Waals surface area (Å²) in [6.07, 6.45) is 4.39. The number of aromatic nitrogens is 2. The van der Waals surface area contributed by atoms with Gasteiger partial charge in [0.25, 0.3) is 5.91 Å². The van der Waals surface area contributed by atoms with Crippen LogP contribution < -0.4 is 10.2 Å². The Hall–Kier alpha value is -2.97. The Morgan fingerprint density at radius 1 is 1.39 bits per heavy atom. The first-order valence-corrected chi connectivity index (χ1v) is 9.23. The van der Waals surface area contributed by atoms with Crippen molar-refractivity contribution in [3.8, 4) is 0 Å². The van der Waals surface area contributed by atoms with Crippen molar-refractivity contribution in [1.29, 1.82) is 0 Å². The van der Waals surface area contributed by atoms with Crippen LogP contribution in [-0.2, 0) is 14.3 Å². The number of hydrogen-bond acceptors (Lipinski definition) is 7. The van der Waals surface area contributed by atoms with E-state index < -0.39 is 17.5 Å². The van der Waals surface area contributed by atoms with Crippen molar-refractivity contribution in [3.63, 3.8) is 0 Å². The number of nitrogens with zero attached hydrogens (tertiary/aromatic N) is 4. The van der Waals surface area contributed by atoms with Gasteiger partial charge in [0.05, 0.1) is 12.1 Å². The van der Waals surface area contributed by atoms with Crippen LogP contribution in [0.5, 0.6) is 0 Å². The molecule has 150 valence electrons. The lowest BCUT2D eigenvalue weighted by molar-refractivity contribution is -0.155. The van der Waals surface area contributed by atoms with Gasteiger partial charge < -0.3 is 9.64 Å². The Labute approximate surface area is 163 Å². The molecular weight excluding hydrogens is 362 g/mol. The quantitative estimate of drug-likeness (QED) is 0.475. The predicted octanol–water partition coefficient (Wildman–Crippen LogP) is 1.56. The molecule has 0 radical (unpaired) electrons. The Kier molecular flexibility index (Phi) is 5.35. The van der Waals surface area contributed by atoms with Crippen LogP contribution in [0.2, 0.25) is 0 Å². The molecular formula is C19H25N5O4. The molecule has 0 aliphatic carbocycles. The van der Waals surface area contributed by atoms with Crippen molar-refractivity contribution in [3.05, 3.63) is 23.7 Å². The zero-order valence-corrected chi connectivity index (χ0v) is 16.6. The van der Waals surface area contributed by atoms with Crippen LogP contribution in [0.3, 0.4) is 0 Å². The van der Waals surface area contributed by atoms with Gasteiger partial charge in [0.15, 0.2) is 0 Å². The first-order chi connectivity index (χ1) is 13.1. The van der Waals surface area contributed by atoms with Gasteiger partial charge in [-0.15, -0.1) is 0 Å². The molecule has 0 bridgehead atoms. The number of esters is 1. The molecule has 1 aromatic heterocycles. The molecule has 2 saturated heterocycles. The average molecular weight is 387 g/mol. The SMILES string of the molecule is CN1C(=O)NC(=O)/C1=C/c1ccnc(N2CCC(CC(=O)OC(C)(C)C)C2)n1. The van der Waals surface area contributed by atoms with Gasteiger partial charge in [0, 0.05) is 26.3 Å². The van der Waals surface area contributed by atoms with Crippen LogP contribution in [0, 0.1) is 5.92 Å². The van der Waals surface area contributed by atoms with E-state index in [9.17, 15) is 14.4 Å². The number of imide groups is 1. The van der Waals surface area contributed by atoms with E-state index in [-0.39, 0.29) is 17.6 Å². The second kappa shape index (κ2) is 7.57. The van der Waals surface area contributed by atoms with Crippen molar-refractivity contribution in [1.82, 2.24) is 20.2 Å². The highest BCUT2D eigenvalue weighted by atomic mass is 16.6. The highest BCUT2D eigenvalue weighted by molar-refractivity contribution is 6.13. The van der Waals surface area contributed by atoms with Gasteiger partial charge in [-0.25, -0.2) is 14.8 Å². The number of carbonyl (C=O) groups is 3. The summed E-state index contributed by atoms with van der Waals surface area (Å²) in [5.41, 5.74) is 0.285. The van der Waals surface area contributed by atoms with Crippen LogP contribution in [0.1, 0.15) is 39.3 Å². The van der Waals surface area contributed by atoms with Gasteiger partial charge in [-0.05, 0) is 45.3 Å². The number of amides is 3. The van der Waals surface area contributed by atoms with E-state index in [0.717, 1.165) is 13.0 Å². The van der Waals surface area contributed by atoms with Gasteiger partial charge in [0.2, 0.25) is 5.95 Å². The number of carbonyl (C=O) groups excluding carboxylic acids is 3. The van der Waals surface area contributed by atoms with Gasteiger partial charge in [-0.2, -0.15) is 0 Å². The first kappa shape index (κ1) is 19.8. The lowest BCUT2D eigenvalue weighted by atomic mass is 10.1. The summed E-state index contributed by atoms with van der Waals surface area (Å²) in [4.78, 5) is 47.5. The molecule has 0 aromatic carbocycles. The minimum absolute atomic E-state index is 0.185. The van der Waals surface area contributed by atoms with Crippen LogP contribution in [0.4, 0.5) is 10.7 Å². The van der Waals surface area contributed by atoms with Crippen molar-refractivity contribution in [2.75, 3.05) is 25.0 Å². The smallest absolute Gasteiger partial charge is 0.328 e. The molecule has 0 saturated carbocycles. The average Bonchev–Trinajstić information content (AvgIpc) is 3.14. The maximum absolute atomic E-state index is 12.0. The molecule has 1 aromatic rings. The summed E-state index contributed by atoms with van der Waals surface area (Å²) in [6, 6.07) is 1.21. The monoisotopic (exact) mass is 387 g/mol. The van der Waals surface area contributed by atoms with Crippen LogP contribution in [-0.4, -0.2) is 58.5 Å². The van der Waals surface area contributed by atoms with E-state index in [4.69, 9.17) is 4.74 Å². The predicted molar refractivity (Wildman–Crippen MR) is 102 cm³/mol. The summed E-state index contributed by atoms with van der Waals surface area (Å²) in [7, 11) is 1.52. The number of anilines is 1. The standard InChI is InChI=1S/C19H25N5O4/c1-19(2,3)28-15(25)9-12-6-8-24(11-12)17-20-7-5-13(21-17)10-14-16(26)22-18(27)23(14)4/h5,7,10,12H,6,8-9,11H2,1-4H3,(H,22,26,27)/b14-10-. The molecule has 0 spiro atoms. The third kappa shape index (κ3) is 4.65. The molecule has 2 aliphatic rings. The number of hydrogen-bond donors (Lipinski definition) is 1. The molecule has 9 nitrogen and oxygen atoms in total. The molecule has 28 heavy (non-hydrogen) atoms. The lowest BCUT2D eigenvalue weighted by Gasteiger charge is -2.21. The van der Waals surface area contributed by atoms with Gasteiger partial charge >= 0.3 is 12.0 Å². The minimum atomic E-state index is -0.485. The summed E-state index contributed by atoms with van der Waals surface area (Å²) in [6.45, 7) is 6.98. The van der Waals surface area contributed by atoms with Crippen LogP contribution in [0.25, 0.3) is 6.08 Å². The molecule has 2 fully saturated rings. The maximum atomic E-state index is 12.0. The number of urea groups is 1. The highest BCUT2D eigenvalue weighted by Crippen LogP contribution is 2.25. The van der Waals surface area contributed by atoms with Crippen molar-refractivity contribution in [2.24, 2.45) is 5.92 Å². The lowest BCUT2D eigenvalue weighted by Crippen LogP contribution is -2.26. The van der Waals surface area contributed by atoms with Gasteiger partial charge in [0.1, 0.15) is 11.3 Å². The normalized spacial score (nSPS) is 21.4. The molecule has 1 N–H and O–H groups in total. The second-order valence-corrected chi connectivity index (χ2v) is 8.02. The highest BCUT2D eigenvalue weighted by Gasteiger charge is 2.30. The fourth-order valence-electron chi connectivity index (χ4n) is 3.20. The fourth-order valence-corrected chi connectivity index (χ4v) is 3.20. The molecule has 3 rings (SSSR count). The van der Waals surface area contributed by atoms with E-state index in [2.05, 4.69) is 15.3 Å². The Bertz CT molecular complexity index is 830. The van der Waals surface area contributed by atoms with Crippen LogP contribution in [0.15, 0.2) is 18.0 Å².